The van der Waals surface area contributed by atoms with Crippen LogP contribution in [0.15, 0.2) is 30.3 Å². The van der Waals surface area contributed by atoms with Gasteiger partial charge in [-0.15, -0.1) is 0 Å². The zero-order valence-electron chi connectivity index (χ0n) is 10.4. The topological polar surface area (TPSA) is 35.2 Å². The van der Waals surface area contributed by atoms with Gasteiger partial charge < -0.3 is 10.5 Å². The Morgan fingerprint density at radius 1 is 1.05 bits per heavy atom. The third kappa shape index (κ3) is 2.91. The van der Waals surface area contributed by atoms with E-state index in [2.05, 4.69) is 12.2 Å². The van der Waals surface area contributed by atoms with Crippen LogP contribution in [0.1, 0.15) is 11.1 Å². The van der Waals surface area contributed by atoms with E-state index in [9.17, 15) is 13.2 Å². The Kier molecular flexibility index (Phi) is 3.94. The molecule has 2 aromatic rings. The van der Waals surface area contributed by atoms with E-state index < -0.39 is 23.2 Å². The second-order valence-electron chi connectivity index (χ2n) is 4.15. The Labute approximate surface area is 119 Å². The summed E-state index contributed by atoms with van der Waals surface area (Å²) in [5, 5.41) is 0. The van der Waals surface area contributed by atoms with E-state index >= 15 is 0 Å². The first kappa shape index (κ1) is 14.3. The zero-order valence-corrected chi connectivity index (χ0v) is 11.2. The molecule has 0 fully saturated rings. The minimum absolute atomic E-state index is 0.0673. The summed E-state index contributed by atoms with van der Waals surface area (Å²) < 4.78 is 45.8. The molecular weight excluding hydrogens is 287 g/mol. The van der Waals surface area contributed by atoms with Crippen molar-refractivity contribution in [1.82, 2.24) is 0 Å². The smallest absolute Gasteiger partial charge is 0.198 e. The molecule has 0 atom stereocenters. The van der Waals surface area contributed by atoms with Crippen LogP contribution in [-0.4, -0.2) is 4.99 Å². The summed E-state index contributed by atoms with van der Waals surface area (Å²) in [6, 6.07) is 5.75. The predicted octanol–water partition coefficient (Wildman–Crippen LogP) is 3.84. The van der Waals surface area contributed by atoms with E-state index in [1.54, 1.807) is 0 Å². The van der Waals surface area contributed by atoms with Gasteiger partial charge in [-0.25, -0.2) is 13.2 Å². The molecule has 0 radical (unpaired) electrons. The van der Waals surface area contributed by atoms with E-state index in [0.29, 0.717) is 5.56 Å². The molecule has 0 aliphatic rings. The largest absolute Gasteiger partial charge is 0.451 e. The van der Waals surface area contributed by atoms with Gasteiger partial charge in [0.25, 0.3) is 0 Å². The van der Waals surface area contributed by atoms with Crippen LogP contribution in [0.25, 0.3) is 0 Å². The summed E-state index contributed by atoms with van der Waals surface area (Å²) in [5.74, 6) is -2.76. The first-order chi connectivity index (χ1) is 9.38. The van der Waals surface area contributed by atoms with E-state index in [1.165, 1.54) is 19.1 Å². The number of rotatable bonds is 3. The van der Waals surface area contributed by atoms with E-state index in [4.69, 9.17) is 10.5 Å². The van der Waals surface area contributed by atoms with Gasteiger partial charge in [-0.2, -0.15) is 0 Å². The third-order valence-corrected chi connectivity index (χ3v) is 2.87. The Bertz CT molecular complexity index is 665. The number of thiocarbonyl (C=S) groups is 1. The highest BCUT2D eigenvalue weighted by molar-refractivity contribution is 7.80. The molecular formula is C14H10F3NOS. The Hall–Kier alpha value is -2.08. The van der Waals surface area contributed by atoms with E-state index in [0.717, 1.165) is 18.2 Å². The van der Waals surface area contributed by atoms with Gasteiger partial charge in [0.2, 0.25) is 0 Å². The second kappa shape index (κ2) is 5.50. The van der Waals surface area contributed by atoms with Crippen molar-refractivity contribution in [2.75, 3.05) is 0 Å². The van der Waals surface area contributed by atoms with Crippen LogP contribution in [0, 0.1) is 24.4 Å². The highest BCUT2D eigenvalue weighted by Crippen LogP contribution is 2.29. The lowest BCUT2D eigenvalue weighted by molar-refractivity contribution is 0.406. The fourth-order valence-electron chi connectivity index (χ4n) is 1.60. The monoisotopic (exact) mass is 297 g/mol. The summed E-state index contributed by atoms with van der Waals surface area (Å²) in [7, 11) is 0. The van der Waals surface area contributed by atoms with Gasteiger partial charge in [-0.1, -0.05) is 12.2 Å². The Morgan fingerprint density at radius 2 is 1.65 bits per heavy atom. The molecule has 0 unspecified atom stereocenters. The molecule has 0 bridgehead atoms. The maximum Gasteiger partial charge on any atom is 0.198 e. The fourth-order valence-corrected chi connectivity index (χ4v) is 1.72. The van der Waals surface area contributed by atoms with Gasteiger partial charge in [0, 0.05) is 5.56 Å². The van der Waals surface area contributed by atoms with E-state index in [1.807, 2.05) is 0 Å². The number of hydrogen-bond donors (Lipinski definition) is 1. The third-order valence-electron chi connectivity index (χ3n) is 2.63. The number of aryl methyl sites for hydroxylation is 1. The first-order valence-electron chi connectivity index (χ1n) is 5.61. The zero-order chi connectivity index (χ0) is 14.9. The molecule has 0 heterocycles. The number of halogens is 3. The minimum atomic E-state index is -0.935. The summed E-state index contributed by atoms with van der Waals surface area (Å²) in [5.41, 5.74) is 5.68. The van der Waals surface area contributed by atoms with Crippen molar-refractivity contribution in [3.8, 4) is 11.5 Å². The highest BCUT2D eigenvalue weighted by atomic mass is 32.1. The molecule has 0 saturated carbocycles. The number of ether oxygens (including phenoxy) is 1. The SMILES string of the molecule is Cc1cc(Oc2c(F)cc(C(N)=S)cc2F)ccc1F. The molecule has 20 heavy (non-hydrogen) atoms. The lowest BCUT2D eigenvalue weighted by Crippen LogP contribution is -2.10. The first-order valence-corrected chi connectivity index (χ1v) is 6.02. The van der Waals surface area contributed by atoms with Crippen molar-refractivity contribution in [2.24, 2.45) is 5.73 Å². The molecule has 0 spiro atoms. The second-order valence-corrected chi connectivity index (χ2v) is 4.59. The van der Waals surface area contributed by atoms with Crippen LogP contribution < -0.4 is 10.5 Å². The maximum atomic E-state index is 13.8. The molecule has 0 aliphatic carbocycles. The van der Waals surface area contributed by atoms with Crippen LogP contribution in [-0.2, 0) is 0 Å². The molecule has 2 aromatic carbocycles. The van der Waals surface area contributed by atoms with Gasteiger partial charge in [-0.3, -0.25) is 0 Å². The van der Waals surface area contributed by atoms with Crippen molar-refractivity contribution in [2.45, 2.75) is 6.92 Å². The molecule has 0 amide bonds. The molecule has 0 aliphatic heterocycles. The lowest BCUT2D eigenvalue weighted by Gasteiger charge is -2.10. The van der Waals surface area contributed by atoms with Crippen LogP contribution in [0.2, 0.25) is 0 Å². The normalized spacial score (nSPS) is 10.4. The highest BCUT2D eigenvalue weighted by Gasteiger charge is 2.15. The molecule has 2 rings (SSSR count). The molecule has 104 valence electrons. The van der Waals surface area contributed by atoms with Crippen molar-refractivity contribution in [1.29, 1.82) is 0 Å². The number of benzene rings is 2. The molecule has 0 saturated heterocycles. The van der Waals surface area contributed by atoms with Crippen LogP contribution in [0.3, 0.4) is 0 Å². The van der Waals surface area contributed by atoms with Crippen molar-refractivity contribution in [3.63, 3.8) is 0 Å². The maximum absolute atomic E-state index is 13.8. The summed E-state index contributed by atoms with van der Waals surface area (Å²) in [6.45, 7) is 1.52. The van der Waals surface area contributed by atoms with Gasteiger partial charge >= 0.3 is 0 Å². The molecule has 2 N–H and O–H groups in total. The predicted molar refractivity (Wildman–Crippen MR) is 73.5 cm³/mol. The van der Waals surface area contributed by atoms with Gasteiger partial charge in [-0.05, 0) is 42.8 Å². The molecule has 2 nitrogen and oxygen atoms in total. The summed E-state index contributed by atoms with van der Waals surface area (Å²) in [4.78, 5) is -0.119. The minimum Gasteiger partial charge on any atom is -0.451 e. The van der Waals surface area contributed by atoms with Crippen molar-refractivity contribution >= 4 is 17.2 Å². The number of nitrogens with two attached hydrogens (primary N) is 1. The molecule has 6 heteroatoms. The van der Waals surface area contributed by atoms with Crippen molar-refractivity contribution in [3.05, 3.63) is 58.9 Å². The summed E-state index contributed by atoms with van der Waals surface area (Å²) in [6.07, 6.45) is 0. The average molecular weight is 297 g/mol. The number of hydrogen-bond acceptors (Lipinski definition) is 2. The standard InChI is InChI=1S/C14H10F3NOS/c1-7-4-9(2-3-10(7)15)19-13-11(16)5-8(14(18)20)6-12(13)17/h2-6H,1H3,(H2,18,20). The quantitative estimate of drug-likeness (QED) is 0.874. The van der Waals surface area contributed by atoms with Gasteiger partial charge in [0.05, 0.1) is 0 Å². The average Bonchev–Trinajstić information content (AvgIpc) is 2.37. The van der Waals surface area contributed by atoms with E-state index in [-0.39, 0.29) is 16.3 Å². The van der Waals surface area contributed by atoms with Crippen LogP contribution >= 0.6 is 12.2 Å². The van der Waals surface area contributed by atoms with Crippen LogP contribution in [0.4, 0.5) is 13.2 Å². The fraction of sp³-hybridized carbons (Fsp3) is 0.0714. The van der Waals surface area contributed by atoms with Gasteiger partial charge in [0.1, 0.15) is 16.6 Å². The molecule has 0 aromatic heterocycles. The van der Waals surface area contributed by atoms with Gasteiger partial charge in [0.15, 0.2) is 17.4 Å². The lowest BCUT2D eigenvalue weighted by atomic mass is 10.2. The van der Waals surface area contributed by atoms with Crippen LogP contribution in [0.5, 0.6) is 11.5 Å². The Morgan fingerprint density at radius 3 is 2.15 bits per heavy atom. The Balaban J connectivity index is 2.38. The summed E-state index contributed by atoms with van der Waals surface area (Å²) >= 11 is 4.65. The van der Waals surface area contributed by atoms with Crippen molar-refractivity contribution < 1.29 is 17.9 Å².